The molecule has 0 aliphatic heterocycles. The van der Waals surface area contributed by atoms with Crippen molar-refractivity contribution in [1.82, 2.24) is 4.90 Å². The van der Waals surface area contributed by atoms with E-state index in [1.54, 1.807) is 53.0 Å². The van der Waals surface area contributed by atoms with Crippen LogP contribution in [-0.2, 0) is 16.0 Å². The molecular formula is C16H22N2O4S. The number of nitrogens with zero attached hydrogens (tertiary/aromatic N) is 2. The predicted molar refractivity (Wildman–Crippen MR) is 87.0 cm³/mol. The van der Waals surface area contributed by atoms with E-state index in [2.05, 4.69) is 0 Å². The maximum atomic E-state index is 12.3. The minimum Gasteiger partial charge on any atom is -0.443 e. The Morgan fingerprint density at radius 3 is 1.96 bits per heavy atom. The van der Waals surface area contributed by atoms with Gasteiger partial charge in [-0.15, -0.1) is 11.3 Å². The van der Waals surface area contributed by atoms with Crippen molar-refractivity contribution in [2.75, 3.05) is 0 Å². The molecule has 1 heterocycles. The second kappa shape index (κ2) is 7.01. The summed E-state index contributed by atoms with van der Waals surface area (Å²) in [5.41, 5.74) is -0.795. The second-order valence-corrected chi connectivity index (χ2v) is 7.89. The maximum absolute atomic E-state index is 12.3. The van der Waals surface area contributed by atoms with Crippen LogP contribution in [0.25, 0.3) is 0 Å². The van der Waals surface area contributed by atoms with E-state index in [9.17, 15) is 9.59 Å². The largest absolute Gasteiger partial charge is 0.443 e. The van der Waals surface area contributed by atoms with Gasteiger partial charge < -0.3 is 9.47 Å². The molecule has 0 bridgehead atoms. The normalized spacial score (nSPS) is 11.5. The molecule has 0 aliphatic carbocycles. The molecule has 1 aromatic heterocycles. The van der Waals surface area contributed by atoms with Gasteiger partial charge in [-0.1, -0.05) is 0 Å². The van der Waals surface area contributed by atoms with Crippen molar-refractivity contribution in [2.45, 2.75) is 59.3 Å². The topological polar surface area (TPSA) is 79.6 Å². The fraction of sp³-hybridized carbons (Fsp3) is 0.562. The summed E-state index contributed by atoms with van der Waals surface area (Å²) in [5, 5.41) is 10.6. The lowest BCUT2D eigenvalue weighted by Gasteiger charge is -2.28. The van der Waals surface area contributed by atoms with Gasteiger partial charge >= 0.3 is 12.2 Å². The van der Waals surface area contributed by atoms with E-state index in [1.807, 2.05) is 6.07 Å². The van der Waals surface area contributed by atoms with Crippen molar-refractivity contribution in [3.8, 4) is 6.07 Å². The molecule has 0 aliphatic rings. The molecule has 23 heavy (non-hydrogen) atoms. The van der Waals surface area contributed by atoms with E-state index in [0.717, 1.165) is 4.90 Å². The molecule has 6 nitrogen and oxygen atoms in total. The minimum absolute atomic E-state index is 0.0119. The smallest absolute Gasteiger partial charge is 0.420 e. The lowest BCUT2D eigenvalue weighted by atomic mass is 10.2. The number of hydrogen-bond donors (Lipinski definition) is 0. The number of ether oxygens (including phenoxy) is 2. The zero-order valence-corrected chi connectivity index (χ0v) is 15.1. The first-order valence-electron chi connectivity index (χ1n) is 7.12. The molecule has 126 valence electrons. The molecule has 0 radical (unpaired) electrons. The average molecular weight is 338 g/mol. The Labute approximate surface area is 140 Å². The van der Waals surface area contributed by atoms with Gasteiger partial charge in [0.05, 0.1) is 6.54 Å². The summed E-state index contributed by atoms with van der Waals surface area (Å²) >= 11 is 1.25. The van der Waals surface area contributed by atoms with E-state index >= 15 is 0 Å². The summed E-state index contributed by atoms with van der Waals surface area (Å²) in [6, 6.07) is 3.65. The molecule has 0 unspecified atom stereocenters. The zero-order chi connectivity index (χ0) is 17.8. The first kappa shape index (κ1) is 19.0. The Morgan fingerprint density at radius 1 is 1.13 bits per heavy atom. The molecule has 1 aromatic rings. The maximum Gasteiger partial charge on any atom is 0.420 e. The number of imide groups is 1. The predicted octanol–water partition coefficient (Wildman–Crippen LogP) is 4.29. The van der Waals surface area contributed by atoms with Gasteiger partial charge in [0, 0.05) is 0 Å². The molecule has 1 rings (SSSR count). The fourth-order valence-corrected chi connectivity index (χ4v) is 2.23. The van der Waals surface area contributed by atoms with Gasteiger partial charge in [-0.2, -0.15) is 5.26 Å². The highest BCUT2D eigenvalue weighted by molar-refractivity contribution is 7.10. The monoisotopic (exact) mass is 338 g/mol. The summed E-state index contributed by atoms with van der Waals surface area (Å²) in [5.74, 6) is 0. The second-order valence-electron chi connectivity index (χ2n) is 6.98. The third-order valence-corrected chi connectivity index (χ3v) is 3.22. The molecule has 0 saturated heterocycles. The molecule has 0 atom stereocenters. The lowest BCUT2D eigenvalue weighted by molar-refractivity contribution is -0.000226. The molecular weight excluding hydrogens is 316 g/mol. The van der Waals surface area contributed by atoms with Crippen LogP contribution in [0.15, 0.2) is 11.4 Å². The van der Waals surface area contributed by atoms with Crippen LogP contribution in [0.5, 0.6) is 0 Å². The average Bonchev–Trinajstić information content (AvgIpc) is 2.79. The van der Waals surface area contributed by atoms with Crippen LogP contribution in [0.1, 0.15) is 52.0 Å². The van der Waals surface area contributed by atoms with Crippen LogP contribution >= 0.6 is 11.3 Å². The van der Waals surface area contributed by atoms with Gasteiger partial charge in [0.25, 0.3) is 0 Å². The molecule has 0 aromatic carbocycles. The van der Waals surface area contributed by atoms with Gasteiger partial charge in [0.2, 0.25) is 0 Å². The standard InChI is InChI=1S/C16H22N2O4S/c1-15(2,3)21-13(19)18(14(20)22-16(4,5)6)9-11-7-12(8-17)23-10-11/h7,10H,9H2,1-6H3. The lowest BCUT2D eigenvalue weighted by Crippen LogP contribution is -2.43. The molecule has 0 saturated carbocycles. The summed E-state index contributed by atoms with van der Waals surface area (Å²) in [6.45, 7) is 10.3. The highest BCUT2D eigenvalue weighted by atomic mass is 32.1. The van der Waals surface area contributed by atoms with Gasteiger partial charge in [-0.05, 0) is 58.6 Å². The van der Waals surface area contributed by atoms with E-state index in [4.69, 9.17) is 14.7 Å². The Morgan fingerprint density at radius 2 is 1.61 bits per heavy atom. The van der Waals surface area contributed by atoms with Gasteiger partial charge in [-0.3, -0.25) is 0 Å². The van der Waals surface area contributed by atoms with Crippen LogP contribution in [0.2, 0.25) is 0 Å². The van der Waals surface area contributed by atoms with Crippen LogP contribution in [0.4, 0.5) is 9.59 Å². The fourth-order valence-electron chi connectivity index (χ4n) is 1.54. The number of amides is 2. The third-order valence-electron chi connectivity index (χ3n) is 2.33. The summed E-state index contributed by atoms with van der Waals surface area (Å²) in [7, 11) is 0. The number of thiophene rings is 1. The number of hydrogen-bond acceptors (Lipinski definition) is 6. The van der Waals surface area contributed by atoms with Crippen molar-refractivity contribution in [2.24, 2.45) is 0 Å². The molecule has 0 N–H and O–H groups in total. The van der Waals surface area contributed by atoms with E-state index in [1.165, 1.54) is 11.3 Å². The van der Waals surface area contributed by atoms with Crippen LogP contribution < -0.4 is 0 Å². The Kier molecular flexibility index (Phi) is 5.78. The minimum atomic E-state index is -0.781. The summed E-state index contributed by atoms with van der Waals surface area (Å²) in [4.78, 5) is 26.0. The number of carbonyl (C=O) groups is 2. The first-order valence-corrected chi connectivity index (χ1v) is 8.00. The Bertz CT molecular complexity index is 589. The van der Waals surface area contributed by atoms with E-state index in [-0.39, 0.29) is 6.54 Å². The van der Waals surface area contributed by atoms with Crippen molar-refractivity contribution < 1.29 is 19.1 Å². The van der Waals surface area contributed by atoms with Crippen LogP contribution in [-0.4, -0.2) is 28.3 Å². The molecule has 7 heteroatoms. The Hall–Kier alpha value is -2.07. The van der Waals surface area contributed by atoms with E-state index < -0.39 is 23.4 Å². The van der Waals surface area contributed by atoms with Crippen molar-refractivity contribution >= 4 is 23.5 Å². The number of rotatable bonds is 2. The molecule has 2 amide bonds. The quantitative estimate of drug-likeness (QED) is 0.803. The summed E-state index contributed by atoms with van der Waals surface area (Å²) < 4.78 is 10.5. The zero-order valence-electron chi connectivity index (χ0n) is 14.3. The van der Waals surface area contributed by atoms with Crippen LogP contribution in [0, 0.1) is 11.3 Å². The van der Waals surface area contributed by atoms with E-state index in [0.29, 0.717) is 10.4 Å². The molecule has 0 fully saturated rings. The van der Waals surface area contributed by atoms with Gasteiger partial charge in [0.1, 0.15) is 22.1 Å². The van der Waals surface area contributed by atoms with Crippen molar-refractivity contribution in [3.63, 3.8) is 0 Å². The number of carbonyl (C=O) groups excluding carboxylic acids is 2. The van der Waals surface area contributed by atoms with Gasteiger partial charge in [-0.25, -0.2) is 14.5 Å². The number of nitriles is 1. The third kappa shape index (κ3) is 6.70. The van der Waals surface area contributed by atoms with Crippen molar-refractivity contribution in [3.05, 3.63) is 21.9 Å². The summed E-state index contributed by atoms with van der Waals surface area (Å²) in [6.07, 6.45) is -1.56. The molecule has 0 spiro atoms. The SMILES string of the molecule is CC(C)(C)OC(=O)N(Cc1csc(C#N)c1)C(=O)OC(C)(C)C. The highest BCUT2D eigenvalue weighted by Gasteiger charge is 2.31. The van der Waals surface area contributed by atoms with Crippen molar-refractivity contribution in [1.29, 1.82) is 5.26 Å². The van der Waals surface area contributed by atoms with Crippen LogP contribution in [0.3, 0.4) is 0 Å². The Balaban J connectivity index is 2.98. The van der Waals surface area contributed by atoms with Gasteiger partial charge in [0.15, 0.2) is 0 Å². The first-order chi connectivity index (χ1) is 10.4. The highest BCUT2D eigenvalue weighted by Crippen LogP contribution is 2.20.